The van der Waals surface area contributed by atoms with Crippen molar-refractivity contribution in [3.8, 4) is 11.1 Å². The summed E-state index contributed by atoms with van der Waals surface area (Å²) < 4.78 is 0. The van der Waals surface area contributed by atoms with Gasteiger partial charge in [0.15, 0.2) is 0 Å². The van der Waals surface area contributed by atoms with Gasteiger partial charge in [0.25, 0.3) is 5.56 Å². The molecule has 0 saturated carbocycles. The van der Waals surface area contributed by atoms with Gasteiger partial charge in [-0.25, -0.2) is 4.79 Å². The third-order valence-corrected chi connectivity index (χ3v) is 2.13. The molecule has 0 atom stereocenters. The van der Waals surface area contributed by atoms with Gasteiger partial charge in [-0.1, -0.05) is 6.07 Å². The van der Waals surface area contributed by atoms with Gasteiger partial charge < -0.3 is 10.1 Å². The molecule has 0 aliphatic rings. The van der Waals surface area contributed by atoms with Crippen LogP contribution in [-0.2, 0) is 0 Å². The van der Waals surface area contributed by atoms with E-state index < -0.39 is 11.5 Å². The predicted octanol–water partition coefficient (Wildman–Crippen LogP) is 1.14. The molecule has 0 bridgehead atoms. The third kappa shape index (κ3) is 1.83. The lowest BCUT2D eigenvalue weighted by molar-refractivity contribution is 0.0695. The normalized spacial score (nSPS) is 10.0. The third-order valence-electron chi connectivity index (χ3n) is 2.13. The number of aromatic nitrogens is 2. The maximum absolute atomic E-state index is 11.2. The van der Waals surface area contributed by atoms with Crippen LogP contribution in [0.1, 0.15) is 10.4 Å². The van der Waals surface area contributed by atoms with Crippen LogP contribution in [0, 0.1) is 0 Å². The molecule has 0 amide bonds. The number of carbonyl (C=O) groups is 1. The maximum atomic E-state index is 11.2. The fourth-order valence-corrected chi connectivity index (χ4v) is 1.34. The minimum absolute atomic E-state index is 0.277. The van der Waals surface area contributed by atoms with E-state index in [9.17, 15) is 9.59 Å². The van der Waals surface area contributed by atoms with Crippen LogP contribution in [0.2, 0.25) is 0 Å². The molecule has 5 nitrogen and oxygen atoms in total. The smallest absolute Gasteiger partial charge is 0.341 e. The number of pyridine rings is 2. The van der Waals surface area contributed by atoms with Gasteiger partial charge in [0.05, 0.1) is 0 Å². The highest BCUT2D eigenvalue weighted by Crippen LogP contribution is 2.16. The van der Waals surface area contributed by atoms with Crippen molar-refractivity contribution in [3.63, 3.8) is 0 Å². The molecule has 0 spiro atoms. The average Bonchev–Trinajstić information content (AvgIpc) is 2.30. The largest absolute Gasteiger partial charge is 0.477 e. The first-order chi connectivity index (χ1) is 7.68. The lowest BCUT2D eigenvalue weighted by Gasteiger charge is -2.01. The topological polar surface area (TPSA) is 83.0 Å². The number of H-pyrrole nitrogens is 1. The van der Waals surface area contributed by atoms with Gasteiger partial charge in [-0.15, -0.1) is 0 Å². The van der Waals surface area contributed by atoms with Crippen molar-refractivity contribution in [1.29, 1.82) is 0 Å². The number of aromatic amines is 1. The molecule has 80 valence electrons. The highest BCUT2D eigenvalue weighted by molar-refractivity contribution is 5.88. The number of hydrogen-bond acceptors (Lipinski definition) is 3. The molecule has 2 heterocycles. The second-order valence-corrected chi connectivity index (χ2v) is 3.18. The first-order valence-corrected chi connectivity index (χ1v) is 4.55. The van der Waals surface area contributed by atoms with Crippen molar-refractivity contribution in [2.45, 2.75) is 0 Å². The molecule has 0 saturated heterocycles. The molecular formula is C11H8N2O3. The summed E-state index contributed by atoms with van der Waals surface area (Å²) in [6.07, 6.45) is 4.68. The summed E-state index contributed by atoms with van der Waals surface area (Å²) in [6, 6.07) is 4.85. The van der Waals surface area contributed by atoms with Crippen molar-refractivity contribution in [2.24, 2.45) is 0 Å². The predicted molar refractivity (Wildman–Crippen MR) is 57.3 cm³/mol. The van der Waals surface area contributed by atoms with Crippen LogP contribution in [0.4, 0.5) is 0 Å². The fourth-order valence-electron chi connectivity index (χ4n) is 1.34. The molecule has 2 aromatic heterocycles. The van der Waals surface area contributed by atoms with Gasteiger partial charge in [0.2, 0.25) is 0 Å². The fraction of sp³-hybridized carbons (Fsp3) is 0. The van der Waals surface area contributed by atoms with E-state index in [-0.39, 0.29) is 5.56 Å². The van der Waals surface area contributed by atoms with E-state index in [4.69, 9.17) is 5.11 Å². The Kier molecular flexibility index (Phi) is 2.51. The summed E-state index contributed by atoms with van der Waals surface area (Å²) in [5.41, 5.74) is 0.479. The molecule has 16 heavy (non-hydrogen) atoms. The van der Waals surface area contributed by atoms with Crippen LogP contribution in [-0.4, -0.2) is 21.0 Å². The zero-order valence-corrected chi connectivity index (χ0v) is 8.18. The molecule has 0 aliphatic carbocycles. The van der Waals surface area contributed by atoms with E-state index in [1.165, 1.54) is 12.3 Å². The van der Waals surface area contributed by atoms with Crippen molar-refractivity contribution in [2.75, 3.05) is 0 Å². The number of carboxylic acid groups (broad SMARTS) is 1. The lowest BCUT2D eigenvalue weighted by Crippen LogP contribution is -2.16. The number of nitrogens with one attached hydrogen (secondary N) is 1. The van der Waals surface area contributed by atoms with Crippen LogP contribution in [0.25, 0.3) is 11.1 Å². The number of hydrogen-bond donors (Lipinski definition) is 2. The second kappa shape index (κ2) is 3.98. The van der Waals surface area contributed by atoms with E-state index in [1.54, 1.807) is 24.5 Å². The minimum Gasteiger partial charge on any atom is -0.477 e. The first kappa shape index (κ1) is 10.1. The van der Waals surface area contributed by atoms with E-state index in [2.05, 4.69) is 9.97 Å². The quantitative estimate of drug-likeness (QED) is 0.788. The van der Waals surface area contributed by atoms with Crippen molar-refractivity contribution < 1.29 is 9.90 Å². The molecule has 0 aromatic carbocycles. The molecule has 2 aromatic rings. The van der Waals surface area contributed by atoms with Gasteiger partial charge in [-0.05, 0) is 12.1 Å². The van der Waals surface area contributed by atoms with Crippen molar-refractivity contribution in [1.82, 2.24) is 9.97 Å². The Balaban J connectivity index is 2.57. The number of nitrogens with zero attached hydrogens (tertiary/aromatic N) is 1. The number of carboxylic acids is 1. The number of aromatic carboxylic acids is 1. The second-order valence-electron chi connectivity index (χ2n) is 3.18. The zero-order chi connectivity index (χ0) is 11.5. The molecular weight excluding hydrogens is 208 g/mol. The molecule has 0 unspecified atom stereocenters. The molecule has 0 aliphatic heterocycles. The van der Waals surface area contributed by atoms with Gasteiger partial charge in [-0.3, -0.25) is 9.78 Å². The van der Waals surface area contributed by atoms with E-state index in [0.29, 0.717) is 5.56 Å². The molecule has 0 fully saturated rings. The first-order valence-electron chi connectivity index (χ1n) is 4.55. The Morgan fingerprint density at radius 3 is 2.81 bits per heavy atom. The van der Waals surface area contributed by atoms with Gasteiger partial charge in [-0.2, -0.15) is 0 Å². The summed E-state index contributed by atoms with van der Waals surface area (Å²) in [4.78, 5) is 28.3. The summed E-state index contributed by atoms with van der Waals surface area (Å²) in [7, 11) is 0. The lowest BCUT2D eigenvalue weighted by atomic mass is 10.1. The van der Waals surface area contributed by atoms with Crippen molar-refractivity contribution in [3.05, 3.63) is 52.7 Å². The SMILES string of the molecule is O=C(O)c1cc(-c2cccnc2)c[nH]c1=O. The summed E-state index contributed by atoms with van der Waals surface area (Å²) in [6.45, 7) is 0. The maximum Gasteiger partial charge on any atom is 0.341 e. The van der Waals surface area contributed by atoms with E-state index >= 15 is 0 Å². The molecule has 5 heteroatoms. The van der Waals surface area contributed by atoms with Crippen molar-refractivity contribution >= 4 is 5.97 Å². The zero-order valence-electron chi connectivity index (χ0n) is 8.18. The molecule has 2 N–H and O–H groups in total. The Labute approximate surface area is 90.4 Å². The Morgan fingerprint density at radius 1 is 1.38 bits per heavy atom. The van der Waals surface area contributed by atoms with Gasteiger partial charge in [0.1, 0.15) is 5.56 Å². The molecule has 0 radical (unpaired) electrons. The summed E-state index contributed by atoms with van der Waals surface area (Å²) in [5.74, 6) is -1.24. The minimum atomic E-state index is -1.24. The summed E-state index contributed by atoms with van der Waals surface area (Å²) >= 11 is 0. The summed E-state index contributed by atoms with van der Waals surface area (Å²) in [5, 5.41) is 8.80. The number of rotatable bonds is 2. The highest BCUT2D eigenvalue weighted by atomic mass is 16.4. The van der Waals surface area contributed by atoms with Crippen LogP contribution < -0.4 is 5.56 Å². The Bertz CT molecular complexity index is 575. The average molecular weight is 216 g/mol. The standard InChI is InChI=1S/C11H8N2O3/c14-10-9(11(15)16)4-8(6-13-10)7-2-1-3-12-5-7/h1-6H,(H,13,14)(H,15,16). The molecule has 2 rings (SSSR count). The van der Waals surface area contributed by atoms with Crippen LogP contribution in [0.15, 0.2) is 41.6 Å². The Morgan fingerprint density at radius 2 is 2.19 bits per heavy atom. The highest BCUT2D eigenvalue weighted by Gasteiger charge is 2.09. The Hall–Kier alpha value is -2.43. The monoisotopic (exact) mass is 216 g/mol. The van der Waals surface area contributed by atoms with Gasteiger partial charge >= 0.3 is 5.97 Å². The van der Waals surface area contributed by atoms with E-state index in [1.807, 2.05) is 0 Å². The van der Waals surface area contributed by atoms with Crippen LogP contribution >= 0.6 is 0 Å². The van der Waals surface area contributed by atoms with E-state index in [0.717, 1.165) is 5.56 Å². The van der Waals surface area contributed by atoms with Crippen LogP contribution in [0.5, 0.6) is 0 Å². The van der Waals surface area contributed by atoms with Gasteiger partial charge in [0, 0.05) is 29.7 Å². The van der Waals surface area contributed by atoms with Crippen LogP contribution in [0.3, 0.4) is 0 Å².